The summed E-state index contributed by atoms with van der Waals surface area (Å²) in [4.78, 5) is 32.4. The van der Waals surface area contributed by atoms with E-state index in [4.69, 9.17) is 4.74 Å². The first kappa shape index (κ1) is 23.8. The molecule has 0 bridgehead atoms. The topological polar surface area (TPSA) is 83.0 Å². The second-order valence-corrected chi connectivity index (χ2v) is 7.79. The van der Waals surface area contributed by atoms with Crippen LogP contribution in [-0.2, 0) is 14.3 Å². The molecule has 3 atom stereocenters. The fraction of sp³-hybridized carbons (Fsp3) is 0.591. The zero-order valence-corrected chi connectivity index (χ0v) is 18.2. The molecule has 0 aromatic carbocycles. The van der Waals surface area contributed by atoms with Gasteiger partial charge in [0.15, 0.2) is 0 Å². The SMILES string of the molecule is CC#Cc1ccc(F)c([C@@H](CCOC)N2C[C@@H](C)N(C(=O)C(C)C)[C@@H](C(=O)O)C2)n1. The van der Waals surface area contributed by atoms with Crippen LogP contribution in [0.2, 0.25) is 0 Å². The third kappa shape index (κ3) is 5.35. The highest BCUT2D eigenvalue weighted by Gasteiger charge is 2.42. The smallest absolute Gasteiger partial charge is 0.327 e. The molecule has 0 aliphatic carbocycles. The number of nitrogens with zero attached hydrogens (tertiary/aromatic N) is 3. The van der Waals surface area contributed by atoms with Crippen molar-refractivity contribution in [3.05, 3.63) is 29.3 Å². The van der Waals surface area contributed by atoms with Gasteiger partial charge in [-0.2, -0.15) is 0 Å². The molecule has 164 valence electrons. The van der Waals surface area contributed by atoms with Crippen LogP contribution in [0.5, 0.6) is 0 Å². The lowest BCUT2D eigenvalue weighted by Crippen LogP contribution is -2.63. The average molecular weight is 419 g/mol. The minimum absolute atomic E-state index is 0.0807. The summed E-state index contributed by atoms with van der Waals surface area (Å²) in [6.07, 6.45) is 0.431. The van der Waals surface area contributed by atoms with Crippen LogP contribution in [0.1, 0.15) is 51.5 Å². The van der Waals surface area contributed by atoms with E-state index in [1.54, 1.807) is 27.9 Å². The number of rotatable bonds is 7. The fourth-order valence-electron chi connectivity index (χ4n) is 3.85. The van der Waals surface area contributed by atoms with Crippen LogP contribution < -0.4 is 0 Å². The normalized spacial score (nSPS) is 20.6. The van der Waals surface area contributed by atoms with E-state index in [1.807, 2.05) is 11.8 Å². The second kappa shape index (κ2) is 10.5. The Morgan fingerprint density at radius 3 is 2.63 bits per heavy atom. The summed E-state index contributed by atoms with van der Waals surface area (Å²) >= 11 is 0. The number of piperazine rings is 1. The fourth-order valence-corrected chi connectivity index (χ4v) is 3.85. The quantitative estimate of drug-likeness (QED) is 0.683. The van der Waals surface area contributed by atoms with Crippen LogP contribution in [0, 0.1) is 23.6 Å². The van der Waals surface area contributed by atoms with Crippen molar-refractivity contribution in [1.82, 2.24) is 14.8 Å². The van der Waals surface area contributed by atoms with Crippen molar-refractivity contribution in [1.29, 1.82) is 0 Å². The van der Waals surface area contributed by atoms with Crippen LogP contribution in [0.4, 0.5) is 4.39 Å². The Hall–Kier alpha value is -2.50. The first-order valence-corrected chi connectivity index (χ1v) is 10.1. The van der Waals surface area contributed by atoms with Crippen LogP contribution >= 0.6 is 0 Å². The minimum atomic E-state index is -1.08. The lowest BCUT2D eigenvalue weighted by molar-refractivity contribution is -0.159. The van der Waals surface area contributed by atoms with Gasteiger partial charge in [-0.1, -0.05) is 19.8 Å². The van der Waals surface area contributed by atoms with Gasteiger partial charge in [0.2, 0.25) is 5.91 Å². The number of hydrogen-bond acceptors (Lipinski definition) is 5. The number of hydrogen-bond donors (Lipinski definition) is 1. The van der Waals surface area contributed by atoms with E-state index in [-0.39, 0.29) is 30.1 Å². The molecule has 1 aliphatic heterocycles. The standard InChI is InChI=1S/C22H30FN3O4/c1-6-7-16-8-9-17(23)20(24-16)18(10-11-30-5)25-12-15(4)26(21(27)14(2)3)19(13-25)22(28)29/h8-9,14-15,18-19H,10-13H2,1-5H3,(H,28,29)/t15-,18-,19-/m1/s1. The van der Waals surface area contributed by atoms with Crippen molar-refractivity contribution < 1.29 is 23.8 Å². The molecule has 1 aromatic rings. The van der Waals surface area contributed by atoms with Crippen molar-refractivity contribution in [3.8, 4) is 11.8 Å². The second-order valence-electron chi connectivity index (χ2n) is 7.79. The lowest BCUT2D eigenvalue weighted by atomic mass is 9.98. The molecule has 1 aliphatic rings. The van der Waals surface area contributed by atoms with Gasteiger partial charge in [0.05, 0.1) is 11.7 Å². The van der Waals surface area contributed by atoms with Gasteiger partial charge in [0.1, 0.15) is 17.6 Å². The predicted molar refractivity (Wildman–Crippen MR) is 110 cm³/mol. The van der Waals surface area contributed by atoms with Crippen LogP contribution in [0.3, 0.4) is 0 Å². The first-order chi connectivity index (χ1) is 14.2. The van der Waals surface area contributed by atoms with Gasteiger partial charge in [-0.15, -0.1) is 0 Å². The molecule has 1 fully saturated rings. The number of amides is 1. The zero-order chi connectivity index (χ0) is 22.4. The molecule has 30 heavy (non-hydrogen) atoms. The van der Waals surface area contributed by atoms with E-state index in [0.717, 1.165) is 0 Å². The number of ether oxygens (including phenoxy) is 1. The van der Waals surface area contributed by atoms with E-state index in [2.05, 4.69) is 16.8 Å². The van der Waals surface area contributed by atoms with Crippen molar-refractivity contribution in [2.45, 2.75) is 52.2 Å². The number of carbonyl (C=O) groups is 2. The third-order valence-corrected chi connectivity index (χ3v) is 5.23. The average Bonchev–Trinajstić information content (AvgIpc) is 2.69. The number of methoxy groups -OCH3 is 1. The maximum absolute atomic E-state index is 14.7. The number of carboxylic acids is 1. The van der Waals surface area contributed by atoms with Gasteiger partial charge < -0.3 is 14.7 Å². The molecule has 0 radical (unpaired) electrons. The molecule has 1 amide bonds. The maximum atomic E-state index is 14.7. The molecular formula is C22H30FN3O4. The summed E-state index contributed by atoms with van der Waals surface area (Å²) < 4.78 is 20.0. The van der Waals surface area contributed by atoms with Gasteiger partial charge in [-0.05, 0) is 38.3 Å². The van der Waals surface area contributed by atoms with Crippen LogP contribution in [0.25, 0.3) is 0 Å². The monoisotopic (exact) mass is 419 g/mol. The van der Waals surface area contributed by atoms with E-state index in [0.29, 0.717) is 25.3 Å². The van der Waals surface area contributed by atoms with Crippen molar-refractivity contribution in [2.75, 3.05) is 26.8 Å². The lowest BCUT2D eigenvalue weighted by Gasteiger charge is -2.47. The number of carboxylic acid groups (broad SMARTS) is 1. The molecule has 0 saturated carbocycles. The predicted octanol–water partition coefficient (Wildman–Crippen LogP) is 2.31. The van der Waals surface area contributed by atoms with Gasteiger partial charge in [-0.25, -0.2) is 14.2 Å². The molecule has 8 heteroatoms. The Morgan fingerprint density at radius 2 is 2.07 bits per heavy atom. The molecule has 7 nitrogen and oxygen atoms in total. The third-order valence-electron chi connectivity index (χ3n) is 5.23. The Morgan fingerprint density at radius 1 is 1.37 bits per heavy atom. The maximum Gasteiger partial charge on any atom is 0.327 e. The van der Waals surface area contributed by atoms with Gasteiger partial charge in [-0.3, -0.25) is 9.69 Å². The van der Waals surface area contributed by atoms with Crippen LogP contribution in [0.15, 0.2) is 12.1 Å². The van der Waals surface area contributed by atoms with Gasteiger partial charge in [0, 0.05) is 38.8 Å². The Labute approximate surface area is 177 Å². The number of carbonyl (C=O) groups excluding carboxylic acids is 1. The van der Waals surface area contributed by atoms with Gasteiger partial charge >= 0.3 is 5.97 Å². The number of halogens is 1. The summed E-state index contributed by atoms with van der Waals surface area (Å²) in [6.45, 7) is 7.84. The van der Waals surface area contributed by atoms with E-state index < -0.39 is 23.9 Å². The summed E-state index contributed by atoms with van der Waals surface area (Å²) in [5, 5.41) is 9.82. The molecule has 2 rings (SSSR count). The molecule has 0 spiro atoms. The highest BCUT2D eigenvalue weighted by atomic mass is 19.1. The number of pyridine rings is 1. The molecule has 1 N–H and O–H groups in total. The molecular weight excluding hydrogens is 389 g/mol. The number of aliphatic carboxylic acids is 1. The molecule has 1 saturated heterocycles. The Balaban J connectivity index is 2.43. The Bertz CT molecular complexity index is 833. The van der Waals surface area contributed by atoms with E-state index >= 15 is 0 Å². The van der Waals surface area contributed by atoms with E-state index in [9.17, 15) is 19.1 Å². The van der Waals surface area contributed by atoms with Crippen molar-refractivity contribution in [2.24, 2.45) is 5.92 Å². The minimum Gasteiger partial charge on any atom is -0.480 e. The molecule has 1 aromatic heterocycles. The molecule has 2 heterocycles. The number of aromatic nitrogens is 1. The summed E-state index contributed by atoms with van der Waals surface area (Å²) in [5.74, 6) is 3.52. The zero-order valence-electron chi connectivity index (χ0n) is 18.2. The van der Waals surface area contributed by atoms with Crippen molar-refractivity contribution >= 4 is 11.9 Å². The summed E-state index contributed by atoms with van der Waals surface area (Å²) in [5.41, 5.74) is 0.667. The van der Waals surface area contributed by atoms with Crippen molar-refractivity contribution in [3.63, 3.8) is 0 Å². The summed E-state index contributed by atoms with van der Waals surface area (Å²) in [7, 11) is 1.56. The van der Waals surface area contributed by atoms with Gasteiger partial charge in [0.25, 0.3) is 0 Å². The van der Waals surface area contributed by atoms with E-state index in [1.165, 1.54) is 17.0 Å². The highest BCUT2D eigenvalue weighted by molar-refractivity contribution is 5.85. The Kier molecular flexibility index (Phi) is 8.33. The summed E-state index contributed by atoms with van der Waals surface area (Å²) in [6, 6.07) is 0.990. The molecule has 0 unspecified atom stereocenters. The first-order valence-electron chi connectivity index (χ1n) is 10.1. The largest absolute Gasteiger partial charge is 0.480 e. The van der Waals surface area contributed by atoms with Crippen LogP contribution in [-0.4, -0.2) is 70.7 Å². The highest BCUT2D eigenvalue weighted by Crippen LogP contribution is 2.30.